The summed E-state index contributed by atoms with van der Waals surface area (Å²) in [6.07, 6.45) is 6.37. The maximum Gasteiger partial charge on any atom is 0.190 e. The van der Waals surface area contributed by atoms with Crippen LogP contribution in [0.2, 0.25) is 0 Å². The molecule has 132 valence electrons. The van der Waals surface area contributed by atoms with Gasteiger partial charge in [-0.25, -0.2) is 0 Å². The molecule has 2 N–H and O–H groups in total. The van der Waals surface area contributed by atoms with E-state index in [4.69, 9.17) is 0 Å². The number of hydrogen-bond donors (Lipinski definition) is 2. The van der Waals surface area contributed by atoms with E-state index in [1.807, 2.05) is 7.05 Å². The molecule has 4 nitrogen and oxygen atoms in total. The topological polar surface area (TPSA) is 39.7 Å². The third-order valence-electron chi connectivity index (χ3n) is 4.74. The third-order valence-corrected chi connectivity index (χ3v) is 4.74. The zero-order valence-corrected chi connectivity index (χ0v) is 17.4. The number of likely N-dealkylation sites (tertiary alicyclic amines) is 1. The second kappa shape index (κ2) is 13.4. The van der Waals surface area contributed by atoms with Crippen molar-refractivity contribution in [3.8, 4) is 0 Å². The first kappa shape index (κ1) is 22.0. The van der Waals surface area contributed by atoms with Crippen molar-refractivity contribution < 1.29 is 0 Å². The van der Waals surface area contributed by atoms with Crippen molar-refractivity contribution >= 4 is 29.9 Å². The van der Waals surface area contributed by atoms with Crippen LogP contribution in [0.5, 0.6) is 0 Å². The molecule has 0 aromatic carbocycles. The van der Waals surface area contributed by atoms with E-state index in [2.05, 4.69) is 41.3 Å². The van der Waals surface area contributed by atoms with Gasteiger partial charge in [0, 0.05) is 20.1 Å². The Kier molecular flexibility index (Phi) is 13.4. The third kappa shape index (κ3) is 8.56. The fourth-order valence-electron chi connectivity index (χ4n) is 3.01. The van der Waals surface area contributed by atoms with Crippen molar-refractivity contribution in [2.24, 2.45) is 16.8 Å². The summed E-state index contributed by atoms with van der Waals surface area (Å²) in [5.74, 6) is 2.52. The van der Waals surface area contributed by atoms with Gasteiger partial charge in [0.1, 0.15) is 0 Å². The lowest BCUT2D eigenvalue weighted by Gasteiger charge is -2.32. The maximum atomic E-state index is 4.34. The lowest BCUT2D eigenvalue weighted by Crippen LogP contribution is -2.44. The molecule has 1 fully saturated rings. The molecule has 1 saturated heterocycles. The summed E-state index contributed by atoms with van der Waals surface area (Å²) in [5.41, 5.74) is 0. The van der Waals surface area contributed by atoms with Gasteiger partial charge in [0.2, 0.25) is 0 Å². The highest BCUT2D eigenvalue weighted by molar-refractivity contribution is 14.0. The SMILES string of the molecule is CCCN1CCC(CNC(=NC)NCC(CC)CC)CC1.I. The van der Waals surface area contributed by atoms with Crippen molar-refractivity contribution in [1.82, 2.24) is 15.5 Å². The Morgan fingerprint density at radius 2 is 1.77 bits per heavy atom. The maximum absolute atomic E-state index is 4.34. The van der Waals surface area contributed by atoms with Crippen LogP contribution in [-0.4, -0.2) is 50.6 Å². The Bertz CT molecular complexity index is 284. The van der Waals surface area contributed by atoms with E-state index in [1.165, 1.54) is 51.7 Å². The summed E-state index contributed by atoms with van der Waals surface area (Å²) in [6, 6.07) is 0. The summed E-state index contributed by atoms with van der Waals surface area (Å²) < 4.78 is 0. The Morgan fingerprint density at radius 1 is 1.14 bits per heavy atom. The Balaban J connectivity index is 0.00000441. The smallest absolute Gasteiger partial charge is 0.190 e. The standard InChI is InChI=1S/C17H36N4.HI/c1-5-10-21-11-8-16(9-12-21)14-20-17(18-4)19-13-15(6-2)7-3;/h15-16H,5-14H2,1-4H3,(H2,18,19,20);1H. The predicted octanol–water partition coefficient (Wildman–Crippen LogP) is 3.33. The van der Waals surface area contributed by atoms with Crippen LogP contribution in [0.25, 0.3) is 0 Å². The van der Waals surface area contributed by atoms with Crippen molar-refractivity contribution in [3.05, 3.63) is 0 Å². The Labute approximate surface area is 154 Å². The van der Waals surface area contributed by atoms with E-state index >= 15 is 0 Å². The number of hydrogen-bond acceptors (Lipinski definition) is 2. The molecule has 0 radical (unpaired) electrons. The van der Waals surface area contributed by atoms with Crippen LogP contribution in [0.3, 0.4) is 0 Å². The molecular weight excluding hydrogens is 387 g/mol. The molecule has 0 spiro atoms. The van der Waals surface area contributed by atoms with Gasteiger partial charge in [0.15, 0.2) is 5.96 Å². The van der Waals surface area contributed by atoms with E-state index in [0.29, 0.717) is 0 Å². The van der Waals surface area contributed by atoms with Gasteiger partial charge in [-0.3, -0.25) is 4.99 Å². The Morgan fingerprint density at radius 3 is 2.27 bits per heavy atom. The fraction of sp³-hybridized carbons (Fsp3) is 0.941. The summed E-state index contributed by atoms with van der Waals surface area (Å²) in [6.45, 7) is 12.7. The minimum Gasteiger partial charge on any atom is -0.356 e. The lowest BCUT2D eigenvalue weighted by atomic mass is 9.97. The number of halogens is 1. The number of guanidine groups is 1. The Hall–Kier alpha value is -0.0400. The number of rotatable bonds is 8. The number of nitrogens with zero attached hydrogens (tertiary/aromatic N) is 2. The molecule has 0 saturated carbocycles. The monoisotopic (exact) mass is 424 g/mol. The van der Waals surface area contributed by atoms with Crippen LogP contribution >= 0.6 is 24.0 Å². The average Bonchev–Trinajstić information content (AvgIpc) is 2.53. The second-order valence-corrected chi connectivity index (χ2v) is 6.30. The molecule has 0 aromatic heterocycles. The van der Waals surface area contributed by atoms with Gasteiger partial charge < -0.3 is 15.5 Å². The van der Waals surface area contributed by atoms with Gasteiger partial charge in [-0.2, -0.15) is 0 Å². The molecule has 1 heterocycles. The summed E-state index contributed by atoms with van der Waals surface area (Å²) in [7, 11) is 1.87. The minimum atomic E-state index is 0. The largest absolute Gasteiger partial charge is 0.356 e. The molecule has 0 aliphatic carbocycles. The van der Waals surface area contributed by atoms with Gasteiger partial charge in [-0.1, -0.05) is 33.6 Å². The predicted molar refractivity (Wildman–Crippen MR) is 108 cm³/mol. The van der Waals surface area contributed by atoms with Gasteiger partial charge in [-0.15, -0.1) is 24.0 Å². The molecule has 0 atom stereocenters. The number of nitrogens with one attached hydrogen (secondary N) is 2. The average molecular weight is 424 g/mol. The summed E-state index contributed by atoms with van der Waals surface area (Å²) >= 11 is 0. The lowest BCUT2D eigenvalue weighted by molar-refractivity contribution is 0.185. The normalized spacial score (nSPS) is 17.4. The van der Waals surface area contributed by atoms with Gasteiger partial charge >= 0.3 is 0 Å². The zero-order valence-electron chi connectivity index (χ0n) is 15.0. The van der Waals surface area contributed by atoms with Crippen molar-refractivity contribution in [1.29, 1.82) is 0 Å². The minimum absolute atomic E-state index is 0. The molecule has 22 heavy (non-hydrogen) atoms. The van der Waals surface area contributed by atoms with E-state index in [-0.39, 0.29) is 24.0 Å². The van der Waals surface area contributed by atoms with Crippen LogP contribution in [0.1, 0.15) is 52.9 Å². The fourth-order valence-corrected chi connectivity index (χ4v) is 3.01. The molecule has 0 unspecified atom stereocenters. The molecule has 0 aromatic rings. The van der Waals surface area contributed by atoms with Gasteiger partial charge in [0.25, 0.3) is 0 Å². The van der Waals surface area contributed by atoms with Crippen LogP contribution in [0, 0.1) is 11.8 Å². The first-order valence-electron chi connectivity index (χ1n) is 8.90. The number of piperidine rings is 1. The van der Waals surface area contributed by atoms with E-state index in [0.717, 1.165) is 30.9 Å². The molecule has 1 aliphatic heterocycles. The second-order valence-electron chi connectivity index (χ2n) is 6.30. The highest BCUT2D eigenvalue weighted by Gasteiger charge is 2.18. The number of aliphatic imine (C=N–C) groups is 1. The van der Waals surface area contributed by atoms with Crippen LogP contribution in [-0.2, 0) is 0 Å². The van der Waals surface area contributed by atoms with Crippen LogP contribution in [0.15, 0.2) is 4.99 Å². The molecule has 1 rings (SSSR count). The molecule has 1 aliphatic rings. The highest BCUT2D eigenvalue weighted by Crippen LogP contribution is 2.16. The van der Waals surface area contributed by atoms with Crippen molar-refractivity contribution in [3.63, 3.8) is 0 Å². The van der Waals surface area contributed by atoms with Gasteiger partial charge in [-0.05, 0) is 50.7 Å². The van der Waals surface area contributed by atoms with E-state index < -0.39 is 0 Å². The molecule has 0 amide bonds. The van der Waals surface area contributed by atoms with Crippen LogP contribution < -0.4 is 10.6 Å². The van der Waals surface area contributed by atoms with Crippen molar-refractivity contribution in [2.75, 3.05) is 39.8 Å². The first-order valence-corrected chi connectivity index (χ1v) is 8.90. The van der Waals surface area contributed by atoms with E-state index in [9.17, 15) is 0 Å². The molecular formula is C17H37IN4. The zero-order chi connectivity index (χ0) is 15.5. The first-order chi connectivity index (χ1) is 10.2. The summed E-state index contributed by atoms with van der Waals surface area (Å²) in [4.78, 5) is 6.94. The van der Waals surface area contributed by atoms with Crippen LogP contribution in [0.4, 0.5) is 0 Å². The van der Waals surface area contributed by atoms with Gasteiger partial charge in [0.05, 0.1) is 0 Å². The quantitative estimate of drug-likeness (QED) is 0.357. The molecule has 5 heteroatoms. The molecule has 0 bridgehead atoms. The van der Waals surface area contributed by atoms with Crippen molar-refractivity contribution in [2.45, 2.75) is 52.9 Å². The van der Waals surface area contributed by atoms with E-state index in [1.54, 1.807) is 0 Å². The highest BCUT2D eigenvalue weighted by atomic mass is 127. The summed E-state index contributed by atoms with van der Waals surface area (Å²) in [5, 5.41) is 6.98.